The Hall–Kier alpha value is -3.85. The van der Waals surface area contributed by atoms with Gasteiger partial charge in [-0.3, -0.25) is 13.9 Å². The first-order valence-corrected chi connectivity index (χ1v) is 13.4. The van der Waals surface area contributed by atoms with Crippen molar-refractivity contribution in [2.24, 2.45) is 0 Å². The molecule has 3 rings (SSSR count). The van der Waals surface area contributed by atoms with E-state index in [0.717, 1.165) is 15.4 Å². The van der Waals surface area contributed by atoms with E-state index in [1.54, 1.807) is 43.3 Å². The average molecular weight is 524 g/mol. The number of carbonyl (C=O) groups excluding carboxylic acids is 2. The Morgan fingerprint density at radius 1 is 0.946 bits per heavy atom. The number of likely N-dealkylation sites (N-methyl/N-ethyl adjacent to an activating group) is 1. The van der Waals surface area contributed by atoms with Crippen LogP contribution in [0, 0.1) is 6.92 Å². The summed E-state index contributed by atoms with van der Waals surface area (Å²) >= 11 is 0. The SMILES string of the molecule is CNC(=O)[C@@H](C)N(CCc1ccccc1)C(=O)CN(c1ccc(C)cc1)S(=O)(=O)c1ccc(OC)cc1. The van der Waals surface area contributed by atoms with E-state index in [1.807, 2.05) is 37.3 Å². The number of hydrogen-bond acceptors (Lipinski definition) is 5. The van der Waals surface area contributed by atoms with E-state index in [2.05, 4.69) is 5.32 Å². The van der Waals surface area contributed by atoms with Crippen molar-refractivity contribution in [3.05, 3.63) is 90.0 Å². The molecule has 2 amide bonds. The van der Waals surface area contributed by atoms with Crippen LogP contribution in [0.4, 0.5) is 5.69 Å². The van der Waals surface area contributed by atoms with Crippen molar-refractivity contribution in [1.82, 2.24) is 10.2 Å². The molecule has 1 N–H and O–H groups in total. The highest BCUT2D eigenvalue weighted by molar-refractivity contribution is 7.92. The quantitative estimate of drug-likeness (QED) is 0.416. The Morgan fingerprint density at radius 3 is 2.14 bits per heavy atom. The number of anilines is 1. The molecule has 0 heterocycles. The van der Waals surface area contributed by atoms with Gasteiger partial charge in [-0.15, -0.1) is 0 Å². The number of benzene rings is 3. The van der Waals surface area contributed by atoms with E-state index >= 15 is 0 Å². The Bertz CT molecular complexity index is 1290. The standard InChI is InChI=1S/C28H33N3O5S/c1-21-10-12-24(13-11-21)31(37(34,35)26-16-14-25(36-4)15-17-26)20-27(32)30(22(2)28(33)29-3)19-18-23-8-6-5-7-9-23/h5-17,22H,18-20H2,1-4H3,(H,29,33)/t22-/m1/s1. The van der Waals surface area contributed by atoms with E-state index in [9.17, 15) is 18.0 Å². The first-order chi connectivity index (χ1) is 17.7. The maximum absolute atomic E-state index is 13.7. The van der Waals surface area contributed by atoms with Crippen molar-refractivity contribution in [2.45, 2.75) is 31.2 Å². The highest BCUT2D eigenvalue weighted by Gasteiger charge is 2.32. The summed E-state index contributed by atoms with van der Waals surface area (Å²) in [6, 6.07) is 21.7. The van der Waals surface area contributed by atoms with Crippen LogP contribution in [0.1, 0.15) is 18.1 Å². The van der Waals surface area contributed by atoms with Crippen LogP contribution in [0.25, 0.3) is 0 Å². The predicted octanol–water partition coefficient (Wildman–Crippen LogP) is 3.40. The third-order valence-corrected chi connectivity index (χ3v) is 7.93. The molecule has 0 spiro atoms. The van der Waals surface area contributed by atoms with Gasteiger partial charge in [-0.1, -0.05) is 48.0 Å². The maximum Gasteiger partial charge on any atom is 0.264 e. The van der Waals surface area contributed by atoms with Gasteiger partial charge in [0.25, 0.3) is 10.0 Å². The number of carbonyl (C=O) groups is 2. The molecule has 196 valence electrons. The lowest BCUT2D eigenvalue weighted by atomic mass is 10.1. The lowest BCUT2D eigenvalue weighted by molar-refractivity contribution is -0.138. The second-order valence-corrected chi connectivity index (χ2v) is 10.5. The van der Waals surface area contributed by atoms with Crippen LogP contribution in [0.2, 0.25) is 0 Å². The molecule has 9 heteroatoms. The molecule has 0 radical (unpaired) electrons. The van der Waals surface area contributed by atoms with E-state index in [-0.39, 0.29) is 17.3 Å². The number of amides is 2. The first kappa shape index (κ1) is 27.7. The molecule has 0 saturated carbocycles. The molecule has 0 saturated heterocycles. The summed E-state index contributed by atoms with van der Waals surface area (Å²) in [4.78, 5) is 27.6. The number of methoxy groups -OCH3 is 1. The van der Waals surface area contributed by atoms with Gasteiger partial charge < -0.3 is 15.0 Å². The minimum Gasteiger partial charge on any atom is -0.497 e. The third kappa shape index (κ3) is 6.89. The second-order valence-electron chi connectivity index (χ2n) is 8.64. The molecule has 0 aromatic heterocycles. The summed E-state index contributed by atoms with van der Waals surface area (Å²) in [6.45, 7) is 3.32. The zero-order valence-electron chi connectivity index (χ0n) is 21.5. The van der Waals surface area contributed by atoms with E-state index in [1.165, 1.54) is 31.2 Å². The molecule has 8 nitrogen and oxygen atoms in total. The summed E-state index contributed by atoms with van der Waals surface area (Å²) in [6.07, 6.45) is 0.518. The molecule has 0 unspecified atom stereocenters. The molecule has 0 fully saturated rings. The van der Waals surface area contributed by atoms with Crippen LogP contribution in [-0.2, 0) is 26.0 Å². The van der Waals surface area contributed by atoms with Gasteiger partial charge in [0.2, 0.25) is 11.8 Å². The molecule has 0 bridgehead atoms. The fraction of sp³-hybridized carbons (Fsp3) is 0.286. The fourth-order valence-electron chi connectivity index (χ4n) is 3.89. The lowest BCUT2D eigenvalue weighted by Crippen LogP contribution is -2.51. The van der Waals surface area contributed by atoms with Gasteiger partial charge in [0, 0.05) is 13.6 Å². The number of hydrogen-bond donors (Lipinski definition) is 1. The van der Waals surface area contributed by atoms with Crippen molar-refractivity contribution >= 4 is 27.5 Å². The summed E-state index contributed by atoms with van der Waals surface area (Å²) in [7, 11) is -1.11. The molecule has 0 aliphatic rings. The smallest absolute Gasteiger partial charge is 0.264 e. The molecule has 3 aromatic carbocycles. The van der Waals surface area contributed by atoms with E-state index < -0.39 is 28.5 Å². The Balaban J connectivity index is 1.96. The van der Waals surface area contributed by atoms with Gasteiger partial charge >= 0.3 is 0 Å². The normalized spacial score (nSPS) is 11.9. The molecule has 3 aromatic rings. The van der Waals surface area contributed by atoms with Gasteiger partial charge in [-0.25, -0.2) is 8.42 Å². The predicted molar refractivity (Wildman–Crippen MR) is 144 cm³/mol. The van der Waals surface area contributed by atoms with Gasteiger partial charge in [0.1, 0.15) is 18.3 Å². The molecule has 0 aliphatic heterocycles. The van der Waals surface area contributed by atoms with Crippen LogP contribution >= 0.6 is 0 Å². The minimum absolute atomic E-state index is 0.0249. The summed E-state index contributed by atoms with van der Waals surface area (Å²) < 4.78 is 33.7. The molecule has 0 aliphatic carbocycles. The number of aryl methyl sites for hydroxylation is 1. The van der Waals surface area contributed by atoms with Crippen molar-refractivity contribution in [2.75, 3.05) is 31.6 Å². The van der Waals surface area contributed by atoms with Crippen molar-refractivity contribution in [3.8, 4) is 5.75 Å². The zero-order valence-corrected chi connectivity index (χ0v) is 22.4. The van der Waals surface area contributed by atoms with Gasteiger partial charge in [-0.2, -0.15) is 0 Å². The Kier molecular flexibility index (Phi) is 9.30. The van der Waals surface area contributed by atoms with E-state index in [0.29, 0.717) is 17.9 Å². The van der Waals surface area contributed by atoms with E-state index in [4.69, 9.17) is 4.74 Å². The maximum atomic E-state index is 13.7. The lowest BCUT2D eigenvalue weighted by Gasteiger charge is -2.31. The number of sulfonamides is 1. The molecule has 1 atom stereocenters. The Labute approximate surface area is 218 Å². The summed E-state index contributed by atoms with van der Waals surface area (Å²) in [5.74, 6) is -0.297. The van der Waals surface area contributed by atoms with Crippen LogP contribution < -0.4 is 14.4 Å². The van der Waals surface area contributed by atoms with Crippen LogP contribution in [-0.4, -0.2) is 58.4 Å². The molecule has 37 heavy (non-hydrogen) atoms. The summed E-state index contributed by atoms with van der Waals surface area (Å²) in [5, 5.41) is 2.58. The number of rotatable bonds is 11. The van der Waals surface area contributed by atoms with Gasteiger partial charge in [-0.05, 0) is 62.2 Å². The van der Waals surface area contributed by atoms with Crippen molar-refractivity contribution < 1.29 is 22.7 Å². The average Bonchev–Trinajstić information content (AvgIpc) is 2.92. The molecular weight excluding hydrogens is 490 g/mol. The largest absolute Gasteiger partial charge is 0.497 e. The second kappa shape index (κ2) is 12.4. The van der Waals surface area contributed by atoms with Gasteiger partial charge in [0.05, 0.1) is 17.7 Å². The monoisotopic (exact) mass is 523 g/mol. The number of nitrogens with one attached hydrogen (secondary N) is 1. The van der Waals surface area contributed by atoms with Crippen LogP contribution in [0.5, 0.6) is 5.75 Å². The van der Waals surface area contributed by atoms with Crippen LogP contribution in [0.3, 0.4) is 0 Å². The third-order valence-electron chi connectivity index (χ3n) is 6.15. The van der Waals surface area contributed by atoms with Gasteiger partial charge in [0.15, 0.2) is 0 Å². The zero-order chi connectivity index (χ0) is 27.0. The number of ether oxygens (including phenoxy) is 1. The first-order valence-electron chi connectivity index (χ1n) is 12.0. The van der Waals surface area contributed by atoms with Crippen LogP contribution in [0.15, 0.2) is 83.8 Å². The summed E-state index contributed by atoms with van der Waals surface area (Å²) in [5.41, 5.74) is 2.31. The number of nitrogens with zero attached hydrogens (tertiary/aromatic N) is 2. The Morgan fingerprint density at radius 2 is 1.57 bits per heavy atom. The van der Waals surface area contributed by atoms with Crippen molar-refractivity contribution in [3.63, 3.8) is 0 Å². The minimum atomic E-state index is -4.11. The topological polar surface area (TPSA) is 96.0 Å². The van der Waals surface area contributed by atoms with Crippen molar-refractivity contribution in [1.29, 1.82) is 0 Å². The molecular formula is C28H33N3O5S. The fourth-order valence-corrected chi connectivity index (χ4v) is 5.31. The highest BCUT2D eigenvalue weighted by Crippen LogP contribution is 2.26. The highest BCUT2D eigenvalue weighted by atomic mass is 32.2.